The Balaban J connectivity index is 2.76. The molecule has 0 aromatic carbocycles. The molecule has 0 aliphatic heterocycles. The lowest BCUT2D eigenvalue weighted by Gasteiger charge is -2.26. The Morgan fingerprint density at radius 3 is 2.73 bits per heavy atom. The van der Waals surface area contributed by atoms with E-state index in [2.05, 4.69) is 10.3 Å². The van der Waals surface area contributed by atoms with Gasteiger partial charge in [-0.15, -0.1) is 0 Å². The van der Waals surface area contributed by atoms with Crippen molar-refractivity contribution in [1.29, 1.82) is 0 Å². The third-order valence-corrected chi connectivity index (χ3v) is 2.35. The average Bonchev–Trinajstić information content (AvgIpc) is 2.10. The lowest BCUT2D eigenvalue weighted by Crippen LogP contribution is -2.32. The minimum absolute atomic E-state index is 0.161. The first-order chi connectivity index (χ1) is 6.94. The second-order valence-electron chi connectivity index (χ2n) is 4.41. The number of rotatable bonds is 4. The van der Waals surface area contributed by atoms with Gasteiger partial charge in [-0.1, -0.05) is 0 Å². The Hall–Kier alpha value is -1.29. The molecule has 15 heavy (non-hydrogen) atoms. The summed E-state index contributed by atoms with van der Waals surface area (Å²) in [6.07, 6.45) is 2.32. The number of aromatic nitrogens is 1. The largest absolute Gasteiger partial charge is 0.397 e. The van der Waals surface area contributed by atoms with Gasteiger partial charge in [-0.3, -0.25) is 0 Å². The molecule has 4 N–H and O–H groups in total. The molecular formula is C11H19N3O. The number of hydrogen-bond donors (Lipinski definition) is 3. The van der Waals surface area contributed by atoms with Crippen molar-refractivity contribution in [2.45, 2.75) is 32.7 Å². The summed E-state index contributed by atoms with van der Waals surface area (Å²) in [7, 11) is 0. The molecule has 0 unspecified atom stereocenters. The molecule has 0 atom stereocenters. The second-order valence-corrected chi connectivity index (χ2v) is 4.41. The van der Waals surface area contributed by atoms with Crippen LogP contribution in [0.2, 0.25) is 0 Å². The highest BCUT2D eigenvalue weighted by atomic mass is 16.3. The van der Waals surface area contributed by atoms with Crippen LogP contribution in [0.1, 0.15) is 25.8 Å². The molecule has 4 nitrogen and oxygen atoms in total. The van der Waals surface area contributed by atoms with E-state index in [4.69, 9.17) is 10.8 Å². The SMILES string of the molecule is Cc1cc(NC(C)(C)CCO)ncc1N. The van der Waals surface area contributed by atoms with E-state index in [1.165, 1.54) is 0 Å². The Bertz CT molecular complexity index is 337. The fraction of sp³-hybridized carbons (Fsp3) is 0.545. The number of nitrogens with two attached hydrogens (primary N) is 1. The zero-order valence-electron chi connectivity index (χ0n) is 9.54. The zero-order valence-corrected chi connectivity index (χ0v) is 9.54. The maximum atomic E-state index is 8.90. The maximum Gasteiger partial charge on any atom is 0.126 e. The van der Waals surface area contributed by atoms with Gasteiger partial charge >= 0.3 is 0 Å². The van der Waals surface area contributed by atoms with Gasteiger partial charge in [0, 0.05) is 12.1 Å². The van der Waals surface area contributed by atoms with Gasteiger partial charge < -0.3 is 16.2 Å². The minimum Gasteiger partial charge on any atom is -0.397 e. The number of aryl methyl sites for hydroxylation is 1. The van der Waals surface area contributed by atoms with Crippen molar-refractivity contribution in [2.75, 3.05) is 17.7 Å². The fourth-order valence-corrected chi connectivity index (χ4v) is 1.32. The number of nitrogens with one attached hydrogen (secondary N) is 1. The average molecular weight is 209 g/mol. The van der Waals surface area contributed by atoms with Crippen molar-refractivity contribution >= 4 is 11.5 Å². The van der Waals surface area contributed by atoms with E-state index in [0.717, 1.165) is 11.4 Å². The van der Waals surface area contributed by atoms with Gasteiger partial charge in [-0.2, -0.15) is 0 Å². The van der Waals surface area contributed by atoms with E-state index in [9.17, 15) is 0 Å². The van der Waals surface area contributed by atoms with Crippen molar-refractivity contribution < 1.29 is 5.11 Å². The summed E-state index contributed by atoms with van der Waals surface area (Å²) in [5, 5.41) is 12.2. The first-order valence-electron chi connectivity index (χ1n) is 5.06. The Kier molecular flexibility index (Phi) is 3.52. The quantitative estimate of drug-likeness (QED) is 0.703. The lowest BCUT2D eigenvalue weighted by atomic mass is 10.0. The summed E-state index contributed by atoms with van der Waals surface area (Å²) < 4.78 is 0. The number of nitrogens with zero attached hydrogens (tertiary/aromatic N) is 1. The summed E-state index contributed by atoms with van der Waals surface area (Å²) in [5.74, 6) is 0.792. The van der Waals surface area contributed by atoms with E-state index in [1.807, 2.05) is 26.8 Å². The molecule has 1 heterocycles. The summed E-state index contributed by atoms with van der Waals surface area (Å²) >= 11 is 0. The third kappa shape index (κ3) is 3.40. The first-order valence-corrected chi connectivity index (χ1v) is 5.06. The van der Waals surface area contributed by atoms with Crippen LogP contribution < -0.4 is 11.1 Å². The predicted molar refractivity (Wildman–Crippen MR) is 62.8 cm³/mol. The van der Waals surface area contributed by atoms with E-state index in [0.29, 0.717) is 12.1 Å². The number of nitrogen functional groups attached to an aromatic ring is 1. The molecule has 0 saturated carbocycles. The molecule has 0 aliphatic carbocycles. The van der Waals surface area contributed by atoms with Gasteiger partial charge in [-0.05, 0) is 38.8 Å². The summed E-state index contributed by atoms with van der Waals surface area (Å²) in [5.41, 5.74) is 7.22. The normalized spacial score (nSPS) is 11.5. The molecule has 1 aromatic heterocycles. The van der Waals surface area contributed by atoms with Crippen LogP contribution in [0.4, 0.5) is 11.5 Å². The Labute approximate surface area is 90.5 Å². The van der Waals surface area contributed by atoms with Gasteiger partial charge in [-0.25, -0.2) is 4.98 Å². The van der Waals surface area contributed by atoms with E-state index in [-0.39, 0.29) is 12.1 Å². The van der Waals surface area contributed by atoms with E-state index < -0.39 is 0 Å². The topological polar surface area (TPSA) is 71.2 Å². The number of hydrogen-bond acceptors (Lipinski definition) is 4. The van der Waals surface area contributed by atoms with Gasteiger partial charge in [0.1, 0.15) is 5.82 Å². The second kappa shape index (κ2) is 4.49. The molecule has 1 aromatic rings. The predicted octanol–water partition coefficient (Wildman–Crippen LogP) is 1.55. The number of aliphatic hydroxyl groups excluding tert-OH is 1. The lowest BCUT2D eigenvalue weighted by molar-refractivity contribution is 0.260. The van der Waals surface area contributed by atoms with Crippen LogP contribution in [0.5, 0.6) is 0 Å². The highest BCUT2D eigenvalue weighted by Crippen LogP contribution is 2.19. The summed E-state index contributed by atoms with van der Waals surface area (Å²) in [6, 6.07) is 1.91. The van der Waals surface area contributed by atoms with Crippen molar-refractivity contribution in [1.82, 2.24) is 4.98 Å². The van der Waals surface area contributed by atoms with Crippen molar-refractivity contribution in [3.05, 3.63) is 17.8 Å². The highest BCUT2D eigenvalue weighted by Gasteiger charge is 2.17. The van der Waals surface area contributed by atoms with Crippen molar-refractivity contribution in [3.8, 4) is 0 Å². The van der Waals surface area contributed by atoms with Gasteiger partial charge in [0.2, 0.25) is 0 Å². The molecule has 0 radical (unpaired) electrons. The van der Waals surface area contributed by atoms with Gasteiger partial charge in [0.05, 0.1) is 11.9 Å². The minimum atomic E-state index is -0.162. The smallest absolute Gasteiger partial charge is 0.126 e. The summed E-state index contributed by atoms with van der Waals surface area (Å²) in [6.45, 7) is 6.16. The molecule has 0 amide bonds. The monoisotopic (exact) mass is 209 g/mol. The van der Waals surface area contributed by atoms with Crippen LogP contribution in [0.3, 0.4) is 0 Å². The molecule has 0 spiro atoms. The molecule has 0 saturated heterocycles. The molecule has 4 heteroatoms. The number of anilines is 2. The van der Waals surface area contributed by atoms with Gasteiger partial charge in [0.25, 0.3) is 0 Å². The molecular weight excluding hydrogens is 190 g/mol. The standard InChI is InChI=1S/C11H19N3O/c1-8-6-10(13-7-9(8)12)14-11(2,3)4-5-15/h6-7,15H,4-5,12H2,1-3H3,(H,13,14). The molecule has 1 rings (SSSR count). The summed E-state index contributed by atoms with van der Waals surface area (Å²) in [4.78, 5) is 4.19. The molecule has 0 bridgehead atoms. The Morgan fingerprint density at radius 2 is 2.20 bits per heavy atom. The first kappa shape index (κ1) is 11.8. The van der Waals surface area contributed by atoms with Crippen LogP contribution in [0, 0.1) is 6.92 Å². The van der Waals surface area contributed by atoms with Crippen LogP contribution in [0.25, 0.3) is 0 Å². The fourth-order valence-electron chi connectivity index (χ4n) is 1.32. The third-order valence-electron chi connectivity index (χ3n) is 2.35. The Morgan fingerprint density at radius 1 is 1.53 bits per heavy atom. The zero-order chi connectivity index (χ0) is 11.5. The van der Waals surface area contributed by atoms with Crippen molar-refractivity contribution in [2.24, 2.45) is 0 Å². The highest BCUT2D eigenvalue weighted by molar-refractivity contribution is 5.51. The number of pyridine rings is 1. The van der Waals surface area contributed by atoms with Crippen LogP contribution in [-0.2, 0) is 0 Å². The van der Waals surface area contributed by atoms with Crippen LogP contribution in [-0.4, -0.2) is 22.2 Å². The van der Waals surface area contributed by atoms with E-state index >= 15 is 0 Å². The molecule has 0 fully saturated rings. The molecule has 84 valence electrons. The number of aliphatic hydroxyl groups is 1. The van der Waals surface area contributed by atoms with Crippen LogP contribution >= 0.6 is 0 Å². The van der Waals surface area contributed by atoms with Crippen LogP contribution in [0.15, 0.2) is 12.3 Å². The van der Waals surface area contributed by atoms with E-state index in [1.54, 1.807) is 6.20 Å². The van der Waals surface area contributed by atoms with Crippen molar-refractivity contribution in [3.63, 3.8) is 0 Å². The molecule has 0 aliphatic rings. The maximum absolute atomic E-state index is 8.90. The van der Waals surface area contributed by atoms with Gasteiger partial charge in [0.15, 0.2) is 0 Å².